The SMILES string of the molecule is O=c1cc(CCCc2cccc(C(F)(F)F)c2)oc2cccc(O)c12. The average Bonchev–Trinajstić information content (AvgIpc) is 2.54. The molecule has 0 saturated carbocycles. The van der Waals surface area contributed by atoms with Crippen molar-refractivity contribution in [1.82, 2.24) is 0 Å². The second-order valence-corrected chi connectivity index (χ2v) is 5.78. The van der Waals surface area contributed by atoms with Gasteiger partial charge in [-0.25, -0.2) is 0 Å². The van der Waals surface area contributed by atoms with E-state index in [2.05, 4.69) is 0 Å². The molecule has 0 bridgehead atoms. The molecule has 0 aliphatic heterocycles. The molecule has 0 radical (unpaired) electrons. The van der Waals surface area contributed by atoms with Gasteiger partial charge in [0.1, 0.15) is 22.5 Å². The van der Waals surface area contributed by atoms with Crippen molar-refractivity contribution in [2.75, 3.05) is 0 Å². The molecule has 130 valence electrons. The van der Waals surface area contributed by atoms with Crippen LogP contribution in [-0.4, -0.2) is 5.11 Å². The number of hydrogen-bond donors (Lipinski definition) is 1. The van der Waals surface area contributed by atoms with Crippen LogP contribution in [0.1, 0.15) is 23.3 Å². The fourth-order valence-electron chi connectivity index (χ4n) is 2.73. The van der Waals surface area contributed by atoms with E-state index in [1.54, 1.807) is 18.2 Å². The number of aryl methyl sites for hydroxylation is 2. The van der Waals surface area contributed by atoms with Gasteiger partial charge in [0, 0.05) is 12.5 Å². The Morgan fingerprint density at radius 2 is 1.76 bits per heavy atom. The third-order valence-corrected chi connectivity index (χ3v) is 3.93. The van der Waals surface area contributed by atoms with Crippen LogP contribution in [0.25, 0.3) is 11.0 Å². The van der Waals surface area contributed by atoms with Gasteiger partial charge in [-0.15, -0.1) is 0 Å². The summed E-state index contributed by atoms with van der Waals surface area (Å²) >= 11 is 0. The molecule has 2 aromatic carbocycles. The summed E-state index contributed by atoms with van der Waals surface area (Å²) < 4.78 is 43.7. The van der Waals surface area contributed by atoms with E-state index in [0.29, 0.717) is 36.2 Å². The first-order valence-corrected chi connectivity index (χ1v) is 7.75. The first-order valence-electron chi connectivity index (χ1n) is 7.75. The van der Waals surface area contributed by atoms with Gasteiger partial charge in [0.15, 0.2) is 5.43 Å². The Hall–Kier alpha value is -2.76. The Labute approximate surface area is 141 Å². The van der Waals surface area contributed by atoms with E-state index < -0.39 is 11.7 Å². The number of halogens is 3. The van der Waals surface area contributed by atoms with E-state index in [1.807, 2.05) is 0 Å². The molecule has 0 fully saturated rings. The quantitative estimate of drug-likeness (QED) is 0.744. The summed E-state index contributed by atoms with van der Waals surface area (Å²) in [6.45, 7) is 0. The molecule has 3 nitrogen and oxygen atoms in total. The fraction of sp³-hybridized carbons (Fsp3) is 0.211. The number of phenols is 1. The van der Waals surface area contributed by atoms with Gasteiger partial charge in [0.2, 0.25) is 0 Å². The highest BCUT2D eigenvalue weighted by atomic mass is 19.4. The van der Waals surface area contributed by atoms with Gasteiger partial charge in [-0.2, -0.15) is 13.2 Å². The molecule has 0 aliphatic rings. The molecule has 0 spiro atoms. The van der Waals surface area contributed by atoms with E-state index in [1.165, 1.54) is 18.2 Å². The smallest absolute Gasteiger partial charge is 0.416 e. The van der Waals surface area contributed by atoms with Crippen molar-refractivity contribution >= 4 is 11.0 Å². The summed E-state index contributed by atoms with van der Waals surface area (Å²) in [7, 11) is 0. The van der Waals surface area contributed by atoms with Crippen LogP contribution in [0.3, 0.4) is 0 Å². The lowest BCUT2D eigenvalue weighted by molar-refractivity contribution is -0.137. The van der Waals surface area contributed by atoms with E-state index >= 15 is 0 Å². The third kappa shape index (κ3) is 3.84. The van der Waals surface area contributed by atoms with E-state index in [-0.39, 0.29) is 16.6 Å². The summed E-state index contributed by atoms with van der Waals surface area (Å²) in [4.78, 5) is 12.1. The molecular weight excluding hydrogens is 333 g/mol. The highest BCUT2D eigenvalue weighted by Crippen LogP contribution is 2.30. The zero-order valence-corrected chi connectivity index (χ0v) is 13.1. The third-order valence-electron chi connectivity index (χ3n) is 3.93. The second-order valence-electron chi connectivity index (χ2n) is 5.78. The Morgan fingerprint density at radius 1 is 1.00 bits per heavy atom. The van der Waals surface area contributed by atoms with Crippen LogP contribution >= 0.6 is 0 Å². The average molecular weight is 348 g/mol. The minimum absolute atomic E-state index is 0.129. The van der Waals surface area contributed by atoms with Gasteiger partial charge < -0.3 is 9.52 Å². The first kappa shape index (κ1) is 17.1. The first-order chi connectivity index (χ1) is 11.8. The predicted molar refractivity (Wildman–Crippen MR) is 87.6 cm³/mol. The maximum absolute atomic E-state index is 12.7. The van der Waals surface area contributed by atoms with Crippen LogP contribution in [0, 0.1) is 0 Å². The lowest BCUT2D eigenvalue weighted by Crippen LogP contribution is -2.05. The number of fused-ring (bicyclic) bond motifs is 1. The zero-order valence-electron chi connectivity index (χ0n) is 13.1. The van der Waals surface area contributed by atoms with Crippen molar-refractivity contribution < 1.29 is 22.7 Å². The van der Waals surface area contributed by atoms with Crippen molar-refractivity contribution in [3.63, 3.8) is 0 Å². The zero-order chi connectivity index (χ0) is 18.0. The molecular formula is C19H15F3O3. The van der Waals surface area contributed by atoms with Gasteiger partial charge in [-0.3, -0.25) is 4.79 Å². The molecule has 0 amide bonds. The summed E-state index contributed by atoms with van der Waals surface area (Å²) in [5, 5.41) is 9.84. The second kappa shape index (κ2) is 6.63. The van der Waals surface area contributed by atoms with Crippen molar-refractivity contribution in [2.45, 2.75) is 25.4 Å². The number of phenolic OH excluding ortho intramolecular Hbond substituents is 1. The molecule has 1 heterocycles. The monoisotopic (exact) mass is 348 g/mol. The van der Waals surface area contributed by atoms with Gasteiger partial charge >= 0.3 is 6.18 Å². The Bertz CT molecular complexity index is 958. The largest absolute Gasteiger partial charge is 0.507 e. The molecule has 0 aliphatic carbocycles. The van der Waals surface area contributed by atoms with E-state index in [9.17, 15) is 23.1 Å². The number of alkyl halides is 3. The predicted octanol–water partition coefficient (Wildman–Crippen LogP) is 4.69. The van der Waals surface area contributed by atoms with Crippen LogP contribution in [0.4, 0.5) is 13.2 Å². The highest BCUT2D eigenvalue weighted by molar-refractivity contribution is 5.82. The summed E-state index contributed by atoms with van der Waals surface area (Å²) in [5.41, 5.74) is -0.136. The Kier molecular flexibility index (Phi) is 4.53. The number of benzene rings is 2. The number of rotatable bonds is 4. The van der Waals surface area contributed by atoms with Crippen LogP contribution in [-0.2, 0) is 19.0 Å². The maximum atomic E-state index is 12.7. The molecule has 0 saturated heterocycles. The molecule has 0 unspecified atom stereocenters. The molecule has 3 rings (SSSR count). The molecule has 6 heteroatoms. The molecule has 25 heavy (non-hydrogen) atoms. The summed E-state index contributed by atoms with van der Waals surface area (Å²) in [6.07, 6.45) is -2.97. The lowest BCUT2D eigenvalue weighted by atomic mass is 10.0. The van der Waals surface area contributed by atoms with Crippen molar-refractivity contribution in [3.8, 4) is 5.75 Å². The van der Waals surface area contributed by atoms with E-state index in [0.717, 1.165) is 12.1 Å². The Balaban J connectivity index is 1.73. The molecule has 1 aromatic heterocycles. The van der Waals surface area contributed by atoms with Crippen LogP contribution in [0.2, 0.25) is 0 Å². The normalized spacial score (nSPS) is 11.8. The molecule has 0 atom stereocenters. The van der Waals surface area contributed by atoms with E-state index in [4.69, 9.17) is 4.42 Å². The fourth-order valence-corrected chi connectivity index (χ4v) is 2.73. The number of aromatic hydroxyl groups is 1. The standard InChI is InChI=1S/C19H15F3O3/c20-19(21,22)13-6-1-4-12(10-13)5-2-7-14-11-16(24)18-15(23)8-3-9-17(18)25-14/h1,3-4,6,8-11,23H,2,5,7H2. The van der Waals surface area contributed by atoms with Crippen LogP contribution < -0.4 is 5.43 Å². The van der Waals surface area contributed by atoms with Gasteiger partial charge in [-0.05, 0) is 36.6 Å². The minimum atomic E-state index is -4.36. The van der Waals surface area contributed by atoms with Gasteiger partial charge in [0.25, 0.3) is 0 Å². The maximum Gasteiger partial charge on any atom is 0.416 e. The van der Waals surface area contributed by atoms with Crippen LogP contribution in [0.5, 0.6) is 5.75 Å². The molecule has 3 aromatic rings. The van der Waals surface area contributed by atoms with Crippen molar-refractivity contribution in [3.05, 3.63) is 75.6 Å². The van der Waals surface area contributed by atoms with Crippen molar-refractivity contribution in [1.29, 1.82) is 0 Å². The van der Waals surface area contributed by atoms with Crippen LogP contribution in [0.15, 0.2) is 57.7 Å². The Morgan fingerprint density at radius 3 is 2.52 bits per heavy atom. The molecule has 1 N–H and O–H groups in total. The summed E-state index contributed by atoms with van der Waals surface area (Å²) in [5.74, 6) is 0.303. The van der Waals surface area contributed by atoms with Gasteiger partial charge in [0.05, 0.1) is 5.56 Å². The highest BCUT2D eigenvalue weighted by Gasteiger charge is 2.30. The lowest BCUT2D eigenvalue weighted by Gasteiger charge is -2.09. The van der Waals surface area contributed by atoms with Crippen molar-refractivity contribution in [2.24, 2.45) is 0 Å². The number of hydrogen-bond acceptors (Lipinski definition) is 3. The van der Waals surface area contributed by atoms with Gasteiger partial charge in [-0.1, -0.05) is 24.3 Å². The summed E-state index contributed by atoms with van der Waals surface area (Å²) in [6, 6.07) is 11.1. The topological polar surface area (TPSA) is 50.4 Å². The minimum Gasteiger partial charge on any atom is -0.507 e.